The molecule has 0 bridgehead atoms. The lowest BCUT2D eigenvalue weighted by atomic mass is 10.1. The number of rotatable bonds is 5. The van der Waals surface area contributed by atoms with E-state index in [1.54, 1.807) is 24.3 Å². The van der Waals surface area contributed by atoms with Crippen molar-refractivity contribution in [2.45, 2.75) is 6.18 Å². The molecular weight excluding hydrogens is 397 g/mol. The topological polar surface area (TPSA) is 68.6 Å². The van der Waals surface area contributed by atoms with Gasteiger partial charge in [-0.1, -0.05) is 12.1 Å². The first-order valence-corrected chi connectivity index (χ1v) is 9.34. The lowest BCUT2D eigenvalue weighted by Crippen LogP contribution is -2.44. The van der Waals surface area contributed by atoms with Crippen molar-refractivity contribution in [2.24, 2.45) is 0 Å². The van der Waals surface area contributed by atoms with Crippen LogP contribution in [0.25, 0.3) is 0 Å². The van der Waals surface area contributed by atoms with Gasteiger partial charge in [0.1, 0.15) is 11.8 Å². The van der Waals surface area contributed by atoms with E-state index in [9.17, 15) is 18.0 Å². The number of hydrogen-bond donors (Lipinski definition) is 1. The molecular formula is C21H21F3N4O2. The van der Waals surface area contributed by atoms with Gasteiger partial charge in [0.25, 0.3) is 5.91 Å². The Kier molecular flexibility index (Phi) is 6.47. The molecule has 158 valence electrons. The smallest absolute Gasteiger partial charge is 0.416 e. The fourth-order valence-electron chi connectivity index (χ4n) is 3.15. The maximum absolute atomic E-state index is 13.2. The van der Waals surface area contributed by atoms with E-state index >= 15 is 0 Å². The Bertz CT molecular complexity index is 948. The van der Waals surface area contributed by atoms with Crippen LogP contribution in [0.1, 0.15) is 11.1 Å². The summed E-state index contributed by atoms with van der Waals surface area (Å²) in [5.74, 6) is -0.379. The van der Waals surface area contributed by atoms with Crippen LogP contribution in [0.4, 0.5) is 24.5 Å². The highest BCUT2D eigenvalue weighted by molar-refractivity contribution is 5.95. The Morgan fingerprint density at radius 3 is 2.53 bits per heavy atom. The van der Waals surface area contributed by atoms with Crippen molar-refractivity contribution in [3.05, 3.63) is 53.6 Å². The average molecular weight is 418 g/mol. The number of halogens is 3. The standard InChI is InChI=1S/C21H21F3N4O2/c1-27-8-10-28(11-9-27)18-7-6-16(21(22,23)24)12-17(18)26-20(29)14-30-19-5-3-2-4-15(19)13-25/h2-7,12H,8-11,14H2,1H3,(H,26,29). The Morgan fingerprint density at radius 1 is 1.17 bits per heavy atom. The molecule has 1 aliphatic heterocycles. The molecule has 1 N–H and O–H groups in total. The van der Waals surface area contributed by atoms with Crippen molar-refractivity contribution in [1.29, 1.82) is 5.26 Å². The summed E-state index contributed by atoms with van der Waals surface area (Å²) in [6, 6.07) is 11.7. The zero-order valence-electron chi connectivity index (χ0n) is 16.4. The van der Waals surface area contributed by atoms with Crippen molar-refractivity contribution in [3.8, 4) is 11.8 Å². The third-order valence-electron chi connectivity index (χ3n) is 4.81. The van der Waals surface area contributed by atoms with Gasteiger partial charge in [0.15, 0.2) is 6.61 Å². The molecule has 0 aliphatic carbocycles. The van der Waals surface area contributed by atoms with Gasteiger partial charge < -0.3 is 19.9 Å². The van der Waals surface area contributed by atoms with Crippen LogP contribution in [0.3, 0.4) is 0 Å². The summed E-state index contributed by atoms with van der Waals surface area (Å²) in [5, 5.41) is 11.6. The highest BCUT2D eigenvalue weighted by Crippen LogP contribution is 2.35. The second-order valence-corrected chi connectivity index (χ2v) is 6.96. The molecule has 30 heavy (non-hydrogen) atoms. The SMILES string of the molecule is CN1CCN(c2ccc(C(F)(F)F)cc2NC(=O)COc2ccccc2C#N)CC1. The number of nitrogens with one attached hydrogen (secondary N) is 1. The molecule has 0 saturated carbocycles. The quantitative estimate of drug-likeness (QED) is 0.807. The normalized spacial score (nSPS) is 14.8. The third-order valence-corrected chi connectivity index (χ3v) is 4.81. The number of para-hydroxylation sites is 1. The number of carbonyl (C=O) groups excluding carboxylic acids is 1. The van der Waals surface area contributed by atoms with Gasteiger partial charge in [0, 0.05) is 26.2 Å². The van der Waals surface area contributed by atoms with Gasteiger partial charge >= 0.3 is 6.18 Å². The molecule has 2 aromatic rings. The van der Waals surface area contributed by atoms with Crippen molar-refractivity contribution in [3.63, 3.8) is 0 Å². The number of anilines is 2. The van der Waals surface area contributed by atoms with Crippen LogP contribution in [0.2, 0.25) is 0 Å². The zero-order valence-corrected chi connectivity index (χ0v) is 16.4. The van der Waals surface area contributed by atoms with Gasteiger partial charge in [-0.2, -0.15) is 18.4 Å². The number of alkyl halides is 3. The van der Waals surface area contributed by atoms with Crippen molar-refractivity contribution in [1.82, 2.24) is 4.90 Å². The van der Waals surface area contributed by atoms with E-state index in [1.807, 2.05) is 18.0 Å². The summed E-state index contributed by atoms with van der Waals surface area (Å²) >= 11 is 0. The van der Waals surface area contributed by atoms with Gasteiger partial charge in [-0.05, 0) is 37.4 Å². The molecule has 1 amide bonds. The Morgan fingerprint density at radius 2 is 1.87 bits per heavy atom. The minimum Gasteiger partial charge on any atom is -0.482 e. The fourth-order valence-corrected chi connectivity index (χ4v) is 3.15. The second kappa shape index (κ2) is 9.05. The summed E-state index contributed by atoms with van der Waals surface area (Å²) in [6.07, 6.45) is -4.53. The Labute approximate surface area is 172 Å². The van der Waals surface area contributed by atoms with Crippen LogP contribution in [-0.4, -0.2) is 50.6 Å². The molecule has 0 unspecified atom stereocenters. The van der Waals surface area contributed by atoms with Crippen LogP contribution < -0.4 is 15.0 Å². The van der Waals surface area contributed by atoms with E-state index < -0.39 is 24.3 Å². The molecule has 1 heterocycles. The fraction of sp³-hybridized carbons (Fsp3) is 0.333. The number of carbonyl (C=O) groups is 1. The van der Waals surface area contributed by atoms with Gasteiger partial charge in [0.2, 0.25) is 0 Å². The summed E-state index contributed by atoms with van der Waals surface area (Å²) in [6.45, 7) is 2.37. The van der Waals surface area contributed by atoms with Gasteiger partial charge in [-0.25, -0.2) is 0 Å². The maximum atomic E-state index is 13.2. The minimum absolute atomic E-state index is 0.0801. The molecule has 1 aliphatic rings. The predicted octanol–water partition coefficient (Wildman–Crippen LogP) is 3.35. The van der Waals surface area contributed by atoms with Crippen LogP contribution in [-0.2, 0) is 11.0 Å². The van der Waals surface area contributed by atoms with Crippen LogP contribution in [0.15, 0.2) is 42.5 Å². The third kappa shape index (κ3) is 5.21. The Balaban J connectivity index is 1.78. The van der Waals surface area contributed by atoms with E-state index in [0.717, 1.165) is 25.2 Å². The molecule has 0 atom stereocenters. The van der Waals surface area contributed by atoms with Crippen LogP contribution >= 0.6 is 0 Å². The number of nitrogens with zero attached hydrogens (tertiary/aromatic N) is 3. The van der Waals surface area contributed by atoms with E-state index in [-0.39, 0.29) is 17.0 Å². The summed E-state index contributed by atoms with van der Waals surface area (Å²) < 4.78 is 45.0. The number of amides is 1. The largest absolute Gasteiger partial charge is 0.482 e. The molecule has 6 nitrogen and oxygen atoms in total. The highest BCUT2D eigenvalue weighted by Gasteiger charge is 2.32. The molecule has 0 aromatic heterocycles. The van der Waals surface area contributed by atoms with Crippen molar-refractivity contribution in [2.75, 3.05) is 50.1 Å². The molecule has 0 spiro atoms. The summed E-state index contributed by atoms with van der Waals surface area (Å²) in [5.41, 5.74) is 0.0346. The predicted molar refractivity (Wildman–Crippen MR) is 106 cm³/mol. The number of piperazine rings is 1. The molecule has 2 aromatic carbocycles. The minimum atomic E-state index is -4.53. The van der Waals surface area contributed by atoms with E-state index in [0.29, 0.717) is 18.8 Å². The zero-order chi connectivity index (χ0) is 21.7. The lowest BCUT2D eigenvalue weighted by Gasteiger charge is -2.35. The number of ether oxygens (including phenoxy) is 1. The first-order valence-electron chi connectivity index (χ1n) is 9.34. The number of nitriles is 1. The van der Waals surface area contributed by atoms with E-state index in [4.69, 9.17) is 10.00 Å². The van der Waals surface area contributed by atoms with E-state index in [2.05, 4.69) is 10.2 Å². The Hall–Kier alpha value is -3.25. The van der Waals surface area contributed by atoms with Crippen LogP contribution in [0, 0.1) is 11.3 Å². The highest BCUT2D eigenvalue weighted by atomic mass is 19.4. The van der Waals surface area contributed by atoms with Crippen molar-refractivity contribution < 1.29 is 22.7 Å². The lowest BCUT2D eigenvalue weighted by molar-refractivity contribution is -0.137. The first kappa shape index (κ1) is 21.5. The number of likely N-dealkylation sites (N-methyl/N-ethyl adjacent to an activating group) is 1. The molecule has 9 heteroatoms. The molecule has 3 rings (SSSR count). The van der Waals surface area contributed by atoms with Gasteiger partial charge in [0.05, 0.1) is 22.5 Å². The van der Waals surface area contributed by atoms with Crippen LogP contribution in [0.5, 0.6) is 5.75 Å². The monoisotopic (exact) mass is 418 g/mol. The van der Waals surface area contributed by atoms with Gasteiger partial charge in [-0.3, -0.25) is 4.79 Å². The van der Waals surface area contributed by atoms with Crippen molar-refractivity contribution >= 4 is 17.3 Å². The maximum Gasteiger partial charge on any atom is 0.416 e. The average Bonchev–Trinajstić information content (AvgIpc) is 2.72. The number of benzene rings is 2. The first-order chi connectivity index (χ1) is 14.3. The number of hydrogen-bond acceptors (Lipinski definition) is 5. The molecule has 0 radical (unpaired) electrons. The molecule has 1 fully saturated rings. The molecule has 1 saturated heterocycles. The summed E-state index contributed by atoms with van der Waals surface area (Å²) in [4.78, 5) is 16.5. The van der Waals surface area contributed by atoms with Gasteiger partial charge in [-0.15, -0.1) is 0 Å². The second-order valence-electron chi connectivity index (χ2n) is 6.96. The summed E-state index contributed by atoms with van der Waals surface area (Å²) in [7, 11) is 1.98. The van der Waals surface area contributed by atoms with E-state index in [1.165, 1.54) is 6.07 Å².